The third kappa shape index (κ3) is 6.31. The van der Waals surface area contributed by atoms with E-state index in [4.69, 9.17) is 4.74 Å². The molecule has 0 bridgehead atoms. The zero-order chi connectivity index (χ0) is 20.5. The molecule has 0 atom stereocenters. The van der Waals surface area contributed by atoms with E-state index in [1.54, 1.807) is 13.0 Å². The minimum atomic E-state index is -0.184. The maximum Gasteiger partial charge on any atom is 0.270 e. The normalized spacial score (nSPS) is 10.4. The van der Waals surface area contributed by atoms with Crippen LogP contribution in [0.5, 0.6) is 5.75 Å². The van der Waals surface area contributed by atoms with E-state index >= 15 is 0 Å². The molecular formula is C23H26N4O2. The molecule has 29 heavy (non-hydrogen) atoms. The number of ether oxygens (including phenoxy) is 1. The zero-order valence-corrected chi connectivity index (χ0v) is 16.8. The van der Waals surface area contributed by atoms with Crippen LogP contribution in [0.4, 0.5) is 11.5 Å². The fraction of sp³-hybridized carbons (Fsp3) is 0.261. The molecular weight excluding hydrogens is 364 g/mol. The summed E-state index contributed by atoms with van der Waals surface area (Å²) in [6.07, 6.45) is 1.97. The smallest absolute Gasteiger partial charge is 0.270 e. The number of hydrogen-bond donors (Lipinski definition) is 2. The number of benzene rings is 2. The van der Waals surface area contributed by atoms with Crippen molar-refractivity contribution in [1.29, 1.82) is 0 Å². The van der Waals surface area contributed by atoms with E-state index in [0.29, 0.717) is 30.5 Å². The lowest BCUT2D eigenvalue weighted by molar-refractivity contribution is 0.0948. The van der Waals surface area contributed by atoms with Crippen LogP contribution in [-0.4, -0.2) is 22.4 Å². The number of aryl methyl sites for hydroxylation is 1. The van der Waals surface area contributed by atoms with Gasteiger partial charge in [-0.05, 0) is 43.2 Å². The second-order valence-corrected chi connectivity index (χ2v) is 6.72. The monoisotopic (exact) mass is 390 g/mol. The van der Waals surface area contributed by atoms with Crippen molar-refractivity contribution in [2.24, 2.45) is 0 Å². The molecule has 150 valence electrons. The summed E-state index contributed by atoms with van der Waals surface area (Å²) in [5, 5.41) is 6.10. The van der Waals surface area contributed by atoms with Crippen molar-refractivity contribution >= 4 is 17.4 Å². The Balaban J connectivity index is 1.61. The lowest BCUT2D eigenvalue weighted by Crippen LogP contribution is -2.25. The van der Waals surface area contributed by atoms with Crippen LogP contribution in [0.1, 0.15) is 41.6 Å². The molecule has 0 saturated heterocycles. The van der Waals surface area contributed by atoms with Gasteiger partial charge in [0, 0.05) is 18.3 Å². The molecule has 0 radical (unpaired) electrons. The van der Waals surface area contributed by atoms with Gasteiger partial charge in [0.05, 0.1) is 0 Å². The predicted octanol–water partition coefficient (Wildman–Crippen LogP) is 4.64. The van der Waals surface area contributed by atoms with E-state index in [1.165, 1.54) is 0 Å². The third-order valence-corrected chi connectivity index (χ3v) is 4.26. The predicted molar refractivity (Wildman–Crippen MR) is 115 cm³/mol. The summed E-state index contributed by atoms with van der Waals surface area (Å²) in [5.74, 6) is 1.72. The summed E-state index contributed by atoms with van der Waals surface area (Å²) in [5.41, 5.74) is 2.34. The van der Waals surface area contributed by atoms with Crippen molar-refractivity contribution in [2.45, 2.75) is 33.3 Å². The fourth-order valence-corrected chi connectivity index (χ4v) is 2.74. The molecule has 0 aliphatic rings. The molecule has 0 aliphatic carbocycles. The van der Waals surface area contributed by atoms with Crippen molar-refractivity contribution in [1.82, 2.24) is 15.3 Å². The summed E-state index contributed by atoms with van der Waals surface area (Å²) in [7, 11) is 0. The van der Waals surface area contributed by atoms with Crippen LogP contribution in [0, 0.1) is 6.92 Å². The second-order valence-electron chi connectivity index (χ2n) is 6.72. The van der Waals surface area contributed by atoms with Crippen molar-refractivity contribution in [3.8, 4) is 5.75 Å². The number of carbonyl (C=O) groups excluding carboxylic acids is 1. The number of amides is 1. The third-order valence-electron chi connectivity index (χ3n) is 4.26. The van der Waals surface area contributed by atoms with Crippen molar-refractivity contribution < 1.29 is 9.53 Å². The van der Waals surface area contributed by atoms with Crippen LogP contribution in [0.2, 0.25) is 0 Å². The number of unbranched alkanes of at least 4 members (excludes halogenated alkanes) is 1. The minimum Gasteiger partial charge on any atom is -0.489 e. The number of carbonyl (C=O) groups is 1. The Hall–Kier alpha value is -3.41. The van der Waals surface area contributed by atoms with Gasteiger partial charge >= 0.3 is 0 Å². The van der Waals surface area contributed by atoms with E-state index in [0.717, 1.165) is 29.8 Å². The Morgan fingerprint density at radius 3 is 2.52 bits per heavy atom. The highest BCUT2D eigenvalue weighted by molar-refractivity contribution is 5.93. The van der Waals surface area contributed by atoms with Crippen LogP contribution in [0.3, 0.4) is 0 Å². The summed E-state index contributed by atoms with van der Waals surface area (Å²) in [6.45, 7) is 5.02. The molecule has 2 N–H and O–H groups in total. The molecule has 6 nitrogen and oxygen atoms in total. The van der Waals surface area contributed by atoms with E-state index in [-0.39, 0.29) is 5.91 Å². The van der Waals surface area contributed by atoms with Crippen LogP contribution >= 0.6 is 0 Å². The number of hydrogen-bond acceptors (Lipinski definition) is 5. The van der Waals surface area contributed by atoms with Gasteiger partial charge in [-0.3, -0.25) is 4.79 Å². The second kappa shape index (κ2) is 10.2. The average Bonchev–Trinajstić information content (AvgIpc) is 2.74. The first-order valence-electron chi connectivity index (χ1n) is 9.81. The Labute approximate surface area is 171 Å². The van der Waals surface area contributed by atoms with Gasteiger partial charge in [-0.15, -0.1) is 0 Å². The van der Waals surface area contributed by atoms with Gasteiger partial charge in [-0.25, -0.2) is 9.97 Å². The quantitative estimate of drug-likeness (QED) is 0.521. The molecule has 0 aliphatic heterocycles. The van der Waals surface area contributed by atoms with Gasteiger partial charge in [0.25, 0.3) is 5.91 Å². The van der Waals surface area contributed by atoms with Crippen LogP contribution < -0.4 is 15.4 Å². The maximum absolute atomic E-state index is 12.3. The van der Waals surface area contributed by atoms with Crippen molar-refractivity contribution in [2.75, 3.05) is 11.9 Å². The molecule has 0 saturated carbocycles. The Morgan fingerprint density at radius 2 is 1.79 bits per heavy atom. The summed E-state index contributed by atoms with van der Waals surface area (Å²) in [6, 6.07) is 19.3. The number of nitrogens with one attached hydrogen (secondary N) is 2. The Kier molecular flexibility index (Phi) is 7.16. The van der Waals surface area contributed by atoms with E-state index in [1.807, 2.05) is 54.6 Å². The van der Waals surface area contributed by atoms with Gasteiger partial charge in [0.2, 0.25) is 0 Å². The van der Waals surface area contributed by atoms with Crippen molar-refractivity contribution in [3.63, 3.8) is 0 Å². The highest BCUT2D eigenvalue weighted by atomic mass is 16.5. The molecule has 0 fully saturated rings. The average molecular weight is 390 g/mol. The maximum atomic E-state index is 12.3. The van der Waals surface area contributed by atoms with Crippen LogP contribution in [-0.2, 0) is 6.61 Å². The van der Waals surface area contributed by atoms with Crippen LogP contribution in [0.25, 0.3) is 0 Å². The van der Waals surface area contributed by atoms with Gasteiger partial charge in [-0.2, -0.15) is 0 Å². The summed E-state index contributed by atoms with van der Waals surface area (Å²) >= 11 is 0. The van der Waals surface area contributed by atoms with Gasteiger partial charge in [0.1, 0.15) is 29.7 Å². The van der Waals surface area contributed by atoms with E-state index in [9.17, 15) is 4.79 Å². The number of aromatic nitrogens is 2. The van der Waals surface area contributed by atoms with E-state index in [2.05, 4.69) is 27.5 Å². The lowest BCUT2D eigenvalue weighted by Gasteiger charge is -2.10. The highest BCUT2D eigenvalue weighted by Gasteiger charge is 2.10. The molecule has 0 spiro atoms. The SMILES string of the molecule is CCCCNC(=O)c1cc(Nc2ccc(OCc3ccccc3)cc2)nc(C)n1. The van der Waals surface area contributed by atoms with Crippen LogP contribution in [0.15, 0.2) is 60.7 Å². The Bertz CT molecular complexity index is 927. The van der Waals surface area contributed by atoms with Gasteiger partial charge in [0.15, 0.2) is 0 Å². The van der Waals surface area contributed by atoms with Gasteiger partial charge < -0.3 is 15.4 Å². The molecule has 2 aromatic carbocycles. The highest BCUT2D eigenvalue weighted by Crippen LogP contribution is 2.20. The first-order valence-corrected chi connectivity index (χ1v) is 9.81. The lowest BCUT2D eigenvalue weighted by atomic mass is 10.2. The minimum absolute atomic E-state index is 0.184. The number of rotatable bonds is 9. The Morgan fingerprint density at radius 1 is 1.03 bits per heavy atom. The molecule has 0 unspecified atom stereocenters. The molecule has 1 aromatic heterocycles. The molecule has 3 aromatic rings. The molecule has 3 rings (SSSR count). The first-order chi connectivity index (χ1) is 14.1. The van der Waals surface area contributed by atoms with Gasteiger partial charge in [-0.1, -0.05) is 43.7 Å². The largest absolute Gasteiger partial charge is 0.489 e. The molecule has 1 amide bonds. The fourth-order valence-electron chi connectivity index (χ4n) is 2.74. The first kappa shape index (κ1) is 20.3. The van der Waals surface area contributed by atoms with E-state index < -0.39 is 0 Å². The standard InChI is InChI=1S/C23H26N4O2/c1-3-4-14-24-23(28)21-15-22(26-17(2)25-21)27-19-10-12-20(13-11-19)29-16-18-8-6-5-7-9-18/h5-13,15H,3-4,14,16H2,1-2H3,(H,24,28)(H,25,26,27). The molecule has 6 heteroatoms. The topological polar surface area (TPSA) is 76.1 Å². The number of anilines is 2. The molecule has 1 heterocycles. The summed E-state index contributed by atoms with van der Waals surface area (Å²) in [4.78, 5) is 20.9. The zero-order valence-electron chi connectivity index (χ0n) is 16.8. The van der Waals surface area contributed by atoms with Crippen molar-refractivity contribution in [3.05, 3.63) is 77.7 Å². The number of nitrogens with zero attached hydrogens (tertiary/aromatic N) is 2. The summed E-state index contributed by atoms with van der Waals surface area (Å²) < 4.78 is 5.81.